The highest BCUT2D eigenvalue weighted by molar-refractivity contribution is 6.35. The summed E-state index contributed by atoms with van der Waals surface area (Å²) in [6, 6.07) is 4.71. The maximum Gasteiger partial charge on any atom is 0.242 e. The van der Waals surface area contributed by atoms with E-state index in [-0.39, 0.29) is 11.8 Å². The van der Waals surface area contributed by atoms with Crippen LogP contribution >= 0.6 is 23.2 Å². The number of hydrogen-bond acceptors (Lipinski definition) is 2. The molecule has 0 radical (unpaired) electrons. The van der Waals surface area contributed by atoms with Gasteiger partial charge >= 0.3 is 0 Å². The minimum absolute atomic E-state index is 0.0361. The number of carbonyl (C=O) groups excluding carboxylic acids is 2. The zero-order chi connectivity index (χ0) is 18.8. The molecule has 1 aromatic rings. The van der Waals surface area contributed by atoms with Gasteiger partial charge in [-0.3, -0.25) is 9.59 Å². The quantitative estimate of drug-likeness (QED) is 0.586. The van der Waals surface area contributed by atoms with E-state index in [9.17, 15) is 9.59 Å². The predicted molar refractivity (Wildman–Crippen MR) is 104 cm³/mol. The molecule has 6 heteroatoms. The second-order valence-corrected chi connectivity index (χ2v) is 6.92. The third kappa shape index (κ3) is 6.87. The molecule has 0 saturated heterocycles. The largest absolute Gasteiger partial charge is 0.354 e. The van der Waals surface area contributed by atoms with Crippen molar-refractivity contribution >= 4 is 35.0 Å². The molecule has 1 N–H and O–H groups in total. The van der Waals surface area contributed by atoms with Crippen molar-refractivity contribution in [2.24, 2.45) is 0 Å². The lowest BCUT2D eigenvalue weighted by molar-refractivity contribution is -0.141. The lowest BCUT2D eigenvalue weighted by Gasteiger charge is -2.31. The first-order chi connectivity index (χ1) is 11.9. The first-order valence-electron chi connectivity index (χ1n) is 8.95. The van der Waals surface area contributed by atoms with Crippen molar-refractivity contribution in [1.29, 1.82) is 0 Å². The van der Waals surface area contributed by atoms with Crippen LogP contribution in [0.25, 0.3) is 0 Å². The van der Waals surface area contributed by atoms with Crippen molar-refractivity contribution in [2.45, 2.75) is 65.5 Å². The fourth-order valence-electron chi connectivity index (χ4n) is 2.62. The van der Waals surface area contributed by atoms with Crippen LogP contribution in [-0.4, -0.2) is 29.3 Å². The Labute approximate surface area is 160 Å². The maximum atomic E-state index is 12.6. The van der Waals surface area contributed by atoms with Crippen LogP contribution in [-0.2, 0) is 16.1 Å². The Hall–Kier alpha value is -1.26. The zero-order valence-corrected chi connectivity index (χ0v) is 16.8. The highest BCUT2D eigenvalue weighted by Gasteiger charge is 2.28. The molecule has 140 valence electrons. The van der Waals surface area contributed by atoms with Crippen LogP contribution in [0.15, 0.2) is 18.2 Å². The van der Waals surface area contributed by atoms with Crippen LogP contribution in [0.3, 0.4) is 0 Å². The van der Waals surface area contributed by atoms with Crippen LogP contribution in [0.4, 0.5) is 0 Å². The van der Waals surface area contributed by atoms with Crippen molar-refractivity contribution in [3.8, 4) is 0 Å². The number of nitrogens with one attached hydrogen (secondary N) is 1. The molecule has 1 atom stereocenters. The Morgan fingerprint density at radius 3 is 2.44 bits per heavy atom. The van der Waals surface area contributed by atoms with Crippen LogP contribution < -0.4 is 5.32 Å². The minimum atomic E-state index is -0.498. The van der Waals surface area contributed by atoms with E-state index in [1.807, 2.05) is 13.8 Å². The Morgan fingerprint density at radius 1 is 1.16 bits per heavy atom. The second-order valence-electron chi connectivity index (χ2n) is 6.08. The average molecular weight is 387 g/mol. The van der Waals surface area contributed by atoms with E-state index in [0.29, 0.717) is 36.0 Å². The van der Waals surface area contributed by atoms with Gasteiger partial charge in [0.1, 0.15) is 6.04 Å². The molecule has 0 aliphatic heterocycles. The second kappa shape index (κ2) is 11.4. The fraction of sp³-hybridized carbons (Fsp3) is 0.579. The van der Waals surface area contributed by atoms with Crippen LogP contribution in [0, 0.1) is 0 Å². The maximum absolute atomic E-state index is 12.6. The summed E-state index contributed by atoms with van der Waals surface area (Å²) in [5, 5.41) is 3.98. The number of amides is 2. The van der Waals surface area contributed by atoms with E-state index in [4.69, 9.17) is 23.2 Å². The van der Waals surface area contributed by atoms with Crippen molar-refractivity contribution < 1.29 is 9.59 Å². The number of nitrogens with zero attached hydrogens (tertiary/aromatic N) is 1. The molecule has 0 saturated carbocycles. The Bertz CT molecular complexity index is 579. The topological polar surface area (TPSA) is 49.4 Å². The summed E-state index contributed by atoms with van der Waals surface area (Å²) >= 11 is 12.2. The molecule has 25 heavy (non-hydrogen) atoms. The van der Waals surface area contributed by atoms with E-state index < -0.39 is 6.04 Å². The van der Waals surface area contributed by atoms with Crippen molar-refractivity contribution in [1.82, 2.24) is 10.2 Å². The third-order valence-corrected chi connectivity index (χ3v) is 4.62. The fourth-order valence-corrected chi connectivity index (χ4v) is 3.08. The van der Waals surface area contributed by atoms with Crippen molar-refractivity contribution in [3.05, 3.63) is 33.8 Å². The molecule has 1 rings (SSSR count). The normalized spacial score (nSPS) is 11.9. The van der Waals surface area contributed by atoms with Gasteiger partial charge in [-0.25, -0.2) is 0 Å². The molecule has 4 nitrogen and oxygen atoms in total. The third-order valence-electron chi connectivity index (χ3n) is 4.04. The molecule has 0 fully saturated rings. The molecule has 0 spiro atoms. The molecular weight excluding hydrogens is 359 g/mol. The van der Waals surface area contributed by atoms with E-state index >= 15 is 0 Å². The van der Waals surface area contributed by atoms with E-state index in [0.717, 1.165) is 24.8 Å². The number of hydrogen-bond donors (Lipinski definition) is 1. The minimum Gasteiger partial charge on any atom is -0.354 e. The number of halogens is 2. The summed E-state index contributed by atoms with van der Waals surface area (Å²) in [6.07, 6.45) is 3.63. The van der Waals surface area contributed by atoms with Crippen LogP contribution in [0.2, 0.25) is 10.0 Å². The Kier molecular flexibility index (Phi) is 9.91. The molecular formula is C19H28Cl2N2O2. The van der Waals surface area contributed by atoms with Gasteiger partial charge in [-0.05, 0) is 37.0 Å². The molecule has 0 aliphatic rings. The molecule has 0 heterocycles. The lowest BCUT2D eigenvalue weighted by atomic mass is 10.1. The highest BCUT2D eigenvalue weighted by Crippen LogP contribution is 2.24. The zero-order valence-electron chi connectivity index (χ0n) is 15.3. The van der Waals surface area contributed by atoms with Gasteiger partial charge in [0, 0.05) is 29.6 Å². The molecule has 0 aliphatic carbocycles. The molecule has 1 aromatic carbocycles. The smallest absolute Gasteiger partial charge is 0.242 e. The van der Waals surface area contributed by atoms with E-state index in [2.05, 4.69) is 12.2 Å². The first-order valence-corrected chi connectivity index (χ1v) is 9.71. The summed E-state index contributed by atoms with van der Waals surface area (Å²) in [7, 11) is 0. The average Bonchev–Trinajstić information content (AvgIpc) is 2.57. The van der Waals surface area contributed by atoms with Crippen molar-refractivity contribution in [3.63, 3.8) is 0 Å². The van der Waals surface area contributed by atoms with Crippen LogP contribution in [0.1, 0.15) is 58.4 Å². The van der Waals surface area contributed by atoms with Gasteiger partial charge < -0.3 is 10.2 Å². The summed E-state index contributed by atoms with van der Waals surface area (Å²) in [5.74, 6) is -0.142. The van der Waals surface area contributed by atoms with Gasteiger partial charge in [-0.2, -0.15) is 0 Å². The Balaban J connectivity index is 3.00. The number of carbonyl (C=O) groups is 2. The lowest BCUT2D eigenvalue weighted by Crippen LogP contribution is -2.49. The van der Waals surface area contributed by atoms with Crippen molar-refractivity contribution in [2.75, 3.05) is 6.54 Å². The van der Waals surface area contributed by atoms with E-state index in [1.54, 1.807) is 23.1 Å². The highest BCUT2D eigenvalue weighted by atomic mass is 35.5. The molecule has 2 amide bonds. The standard InChI is InChI=1S/C19H28Cl2N2O2/c1-4-7-11-22-19(25)17(6-3)23(18(24)8-5-2)13-14-9-10-15(20)12-16(14)21/h9-10,12,17H,4-8,11,13H2,1-3H3,(H,22,25)/t17-/m0/s1. The predicted octanol–water partition coefficient (Wildman–Crippen LogP) is 4.82. The van der Waals surface area contributed by atoms with Gasteiger partial charge in [0.25, 0.3) is 0 Å². The molecule has 0 unspecified atom stereocenters. The number of rotatable bonds is 10. The monoisotopic (exact) mass is 386 g/mol. The SMILES string of the molecule is CCCCNC(=O)[C@H](CC)N(Cc1ccc(Cl)cc1Cl)C(=O)CCC. The number of benzene rings is 1. The summed E-state index contributed by atoms with van der Waals surface area (Å²) in [4.78, 5) is 26.8. The summed E-state index contributed by atoms with van der Waals surface area (Å²) in [6.45, 7) is 6.87. The Morgan fingerprint density at radius 2 is 1.88 bits per heavy atom. The first kappa shape index (κ1) is 21.8. The van der Waals surface area contributed by atoms with Gasteiger partial charge in [0.2, 0.25) is 11.8 Å². The number of unbranched alkanes of at least 4 members (excludes halogenated alkanes) is 1. The molecule has 0 aromatic heterocycles. The van der Waals surface area contributed by atoms with Gasteiger partial charge in [0.05, 0.1) is 0 Å². The van der Waals surface area contributed by atoms with Gasteiger partial charge in [-0.15, -0.1) is 0 Å². The van der Waals surface area contributed by atoms with Crippen LogP contribution in [0.5, 0.6) is 0 Å². The van der Waals surface area contributed by atoms with Gasteiger partial charge in [-0.1, -0.05) is 56.5 Å². The summed E-state index contributed by atoms with van der Waals surface area (Å²) < 4.78 is 0. The molecule has 0 bridgehead atoms. The summed E-state index contributed by atoms with van der Waals surface area (Å²) in [5.41, 5.74) is 0.787. The van der Waals surface area contributed by atoms with E-state index in [1.165, 1.54) is 0 Å². The van der Waals surface area contributed by atoms with Gasteiger partial charge in [0.15, 0.2) is 0 Å².